The minimum atomic E-state index is 0.0842. The van der Waals surface area contributed by atoms with Gasteiger partial charge in [-0.25, -0.2) is 0 Å². The van der Waals surface area contributed by atoms with Crippen LogP contribution >= 0.6 is 0 Å². The third-order valence-corrected chi connectivity index (χ3v) is 2.38. The van der Waals surface area contributed by atoms with Crippen molar-refractivity contribution in [1.29, 1.82) is 0 Å². The normalized spacial score (nSPS) is 32.8. The molecular weight excluding hydrogens is 140 g/mol. The van der Waals surface area contributed by atoms with Crippen molar-refractivity contribution in [3.8, 4) is 0 Å². The molecule has 0 aromatic rings. The lowest BCUT2D eigenvalue weighted by Gasteiger charge is -2.23. The average molecular weight is 154 g/mol. The van der Waals surface area contributed by atoms with Gasteiger partial charge in [0.05, 0.1) is 0 Å². The maximum atomic E-state index is 11.3. The number of allylic oxidation sites excluding steroid dienone is 2. The fraction of sp³-hybridized carbons (Fsp3) is 0.667. The molecule has 2 atom stereocenters. The number of aliphatic hydroxyl groups is 1. The van der Waals surface area contributed by atoms with Crippen LogP contribution in [-0.4, -0.2) is 10.9 Å². The van der Waals surface area contributed by atoms with E-state index in [1.165, 1.54) is 0 Å². The van der Waals surface area contributed by atoms with E-state index < -0.39 is 0 Å². The molecule has 0 bridgehead atoms. The van der Waals surface area contributed by atoms with Gasteiger partial charge in [-0.3, -0.25) is 4.79 Å². The van der Waals surface area contributed by atoms with Crippen LogP contribution in [0.1, 0.15) is 27.2 Å². The van der Waals surface area contributed by atoms with Crippen molar-refractivity contribution >= 4 is 5.78 Å². The number of aliphatic hydroxyl groups excluding tert-OH is 1. The predicted molar refractivity (Wildman–Crippen MR) is 43.3 cm³/mol. The Balaban J connectivity index is 2.98. The van der Waals surface area contributed by atoms with E-state index in [1.807, 2.05) is 13.8 Å². The molecule has 1 rings (SSSR count). The molecule has 0 heterocycles. The number of hydrogen-bond donors (Lipinski definition) is 1. The van der Waals surface area contributed by atoms with E-state index >= 15 is 0 Å². The third kappa shape index (κ3) is 1.30. The van der Waals surface area contributed by atoms with Gasteiger partial charge in [0, 0.05) is 17.4 Å². The number of carbonyl (C=O) groups excluding carboxylic acids is 1. The second-order valence-electron chi connectivity index (χ2n) is 3.41. The lowest BCUT2D eigenvalue weighted by Crippen LogP contribution is -2.24. The van der Waals surface area contributed by atoms with Crippen LogP contribution in [0.2, 0.25) is 0 Å². The van der Waals surface area contributed by atoms with E-state index in [4.69, 9.17) is 0 Å². The molecule has 0 aromatic carbocycles. The first kappa shape index (κ1) is 8.31. The smallest absolute Gasteiger partial charge is 0.164 e. The van der Waals surface area contributed by atoms with E-state index in [0.29, 0.717) is 5.57 Å². The largest absolute Gasteiger partial charge is 0.512 e. The van der Waals surface area contributed by atoms with Crippen molar-refractivity contribution in [3.63, 3.8) is 0 Å². The standard InChI is InChI=1S/C9H14O2/c1-5-4-6(2)9(11)7(3)8(5)10/h5-6,10H,4H2,1-3H3. The van der Waals surface area contributed by atoms with E-state index in [1.54, 1.807) is 6.92 Å². The van der Waals surface area contributed by atoms with Crippen LogP contribution in [0.3, 0.4) is 0 Å². The molecule has 0 aliphatic heterocycles. The number of hydrogen-bond acceptors (Lipinski definition) is 2. The molecule has 62 valence electrons. The van der Waals surface area contributed by atoms with Crippen LogP contribution in [0.15, 0.2) is 11.3 Å². The van der Waals surface area contributed by atoms with Crippen molar-refractivity contribution in [1.82, 2.24) is 0 Å². The Bertz CT molecular complexity index is 216. The van der Waals surface area contributed by atoms with Gasteiger partial charge >= 0.3 is 0 Å². The van der Waals surface area contributed by atoms with Gasteiger partial charge < -0.3 is 5.11 Å². The van der Waals surface area contributed by atoms with Gasteiger partial charge in [0.25, 0.3) is 0 Å². The first-order valence-electron chi connectivity index (χ1n) is 3.98. The molecule has 0 spiro atoms. The molecule has 1 N–H and O–H groups in total. The fourth-order valence-electron chi connectivity index (χ4n) is 1.61. The molecule has 0 saturated heterocycles. The highest BCUT2D eigenvalue weighted by Gasteiger charge is 2.28. The molecule has 1 aliphatic carbocycles. The summed E-state index contributed by atoms with van der Waals surface area (Å²) in [7, 11) is 0. The van der Waals surface area contributed by atoms with Crippen molar-refractivity contribution in [2.45, 2.75) is 27.2 Å². The first-order chi connectivity index (χ1) is 5.04. The monoisotopic (exact) mass is 154 g/mol. The summed E-state index contributed by atoms with van der Waals surface area (Å²) in [5.74, 6) is 0.623. The van der Waals surface area contributed by atoms with E-state index in [-0.39, 0.29) is 23.4 Å². The molecule has 0 saturated carbocycles. The second-order valence-corrected chi connectivity index (χ2v) is 3.41. The minimum Gasteiger partial charge on any atom is -0.512 e. The summed E-state index contributed by atoms with van der Waals surface area (Å²) < 4.78 is 0. The summed E-state index contributed by atoms with van der Waals surface area (Å²) in [6, 6.07) is 0. The molecule has 0 amide bonds. The van der Waals surface area contributed by atoms with Crippen LogP contribution in [0.25, 0.3) is 0 Å². The van der Waals surface area contributed by atoms with Crippen molar-refractivity contribution < 1.29 is 9.90 Å². The van der Waals surface area contributed by atoms with Gasteiger partial charge in [-0.2, -0.15) is 0 Å². The Labute approximate surface area is 66.9 Å². The van der Waals surface area contributed by atoms with E-state index in [2.05, 4.69) is 0 Å². The Morgan fingerprint density at radius 1 is 1.36 bits per heavy atom. The predicted octanol–water partition coefficient (Wildman–Crippen LogP) is 2.06. The van der Waals surface area contributed by atoms with Crippen LogP contribution < -0.4 is 0 Å². The zero-order chi connectivity index (χ0) is 8.59. The van der Waals surface area contributed by atoms with Gasteiger partial charge in [-0.15, -0.1) is 0 Å². The number of ketones is 1. The van der Waals surface area contributed by atoms with Crippen molar-refractivity contribution in [2.75, 3.05) is 0 Å². The maximum absolute atomic E-state index is 11.3. The van der Waals surface area contributed by atoms with Crippen molar-refractivity contribution in [2.24, 2.45) is 11.8 Å². The SMILES string of the molecule is CC1=C(O)C(C)CC(C)C1=O. The van der Waals surface area contributed by atoms with Crippen LogP contribution in [0.5, 0.6) is 0 Å². The molecule has 0 aromatic heterocycles. The van der Waals surface area contributed by atoms with Crippen LogP contribution in [0.4, 0.5) is 0 Å². The highest BCUT2D eigenvalue weighted by molar-refractivity contribution is 5.97. The molecular formula is C9H14O2. The van der Waals surface area contributed by atoms with Crippen molar-refractivity contribution in [3.05, 3.63) is 11.3 Å². The van der Waals surface area contributed by atoms with Gasteiger partial charge in [0.2, 0.25) is 0 Å². The quantitative estimate of drug-likeness (QED) is 0.580. The number of carbonyl (C=O) groups is 1. The van der Waals surface area contributed by atoms with Gasteiger partial charge in [-0.1, -0.05) is 13.8 Å². The molecule has 2 heteroatoms. The Morgan fingerprint density at radius 2 is 1.91 bits per heavy atom. The third-order valence-electron chi connectivity index (χ3n) is 2.38. The molecule has 2 unspecified atom stereocenters. The molecule has 2 nitrogen and oxygen atoms in total. The highest BCUT2D eigenvalue weighted by Crippen LogP contribution is 2.28. The van der Waals surface area contributed by atoms with Gasteiger partial charge in [0.15, 0.2) is 5.78 Å². The van der Waals surface area contributed by atoms with Gasteiger partial charge in [-0.05, 0) is 13.3 Å². The Hall–Kier alpha value is -0.790. The Kier molecular flexibility index (Phi) is 2.03. The molecule has 11 heavy (non-hydrogen) atoms. The molecule has 0 fully saturated rings. The summed E-state index contributed by atoms with van der Waals surface area (Å²) >= 11 is 0. The summed E-state index contributed by atoms with van der Waals surface area (Å²) in [5.41, 5.74) is 0.552. The molecule has 1 aliphatic rings. The number of rotatable bonds is 0. The van der Waals surface area contributed by atoms with Crippen LogP contribution in [0, 0.1) is 11.8 Å². The van der Waals surface area contributed by atoms with Crippen LogP contribution in [-0.2, 0) is 4.79 Å². The van der Waals surface area contributed by atoms with Gasteiger partial charge in [0.1, 0.15) is 5.76 Å². The Morgan fingerprint density at radius 3 is 2.45 bits per heavy atom. The topological polar surface area (TPSA) is 37.3 Å². The first-order valence-corrected chi connectivity index (χ1v) is 3.98. The van der Waals surface area contributed by atoms with E-state index in [9.17, 15) is 9.90 Å². The lowest BCUT2D eigenvalue weighted by molar-refractivity contribution is -0.120. The zero-order valence-corrected chi connectivity index (χ0v) is 7.22. The summed E-state index contributed by atoms with van der Waals surface area (Å²) in [5, 5.41) is 9.39. The molecule has 0 radical (unpaired) electrons. The zero-order valence-electron chi connectivity index (χ0n) is 7.22. The summed E-state index contributed by atoms with van der Waals surface area (Å²) in [6.07, 6.45) is 0.780. The average Bonchev–Trinajstić information content (AvgIpc) is 1.97. The minimum absolute atomic E-state index is 0.0842. The fourth-order valence-corrected chi connectivity index (χ4v) is 1.61. The number of Topliss-reactive ketones (excluding diaryl/α,β-unsaturated/α-hetero) is 1. The lowest BCUT2D eigenvalue weighted by atomic mass is 9.82. The maximum Gasteiger partial charge on any atom is 0.164 e. The second kappa shape index (κ2) is 2.68. The summed E-state index contributed by atoms with van der Waals surface area (Å²) in [6.45, 7) is 5.56. The summed E-state index contributed by atoms with van der Waals surface area (Å²) in [4.78, 5) is 11.3. The highest BCUT2D eigenvalue weighted by atomic mass is 16.3. The van der Waals surface area contributed by atoms with E-state index in [0.717, 1.165) is 6.42 Å².